The van der Waals surface area contributed by atoms with Gasteiger partial charge in [-0.3, -0.25) is 0 Å². The number of anilines is 1. The minimum atomic E-state index is 0.528. The third-order valence-electron chi connectivity index (χ3n) is 2.93. The molecule has 90 valence electrons. The topological polar surface area (TPSA) is 27.0 Å². The quantitative estimate of drug-likeness (QED) is 0.766. The van der Waals surface area contributed by atoms with Crippen LogP contribution in [-0.2, 0) is 5.88 Å². The molecule has 2 nitrogen and oxygen atoms in total. The van der Waals surface area contributed by atoms with Gasteiger partial charge in [-0.1, -0.05) is 6.07 Å². The molecule has 0 spiro atoms. The van der Waals surface area contributed by atoms with Crippen LogP contribution in [0.5, 0.6) is 0 Å². The molecule has 0 radical (unpaired) electrons. The minimum Gasteiger partial charge on any atom is -0.367 e. The van der Waals surface area contributed by atoms with Crippen molar-refractivity contribution in [3.05, 3.63) is 28.2 Å². The molecule has 0 N–H and O–H groups in total. The van der Waals surface area contributed by atoms with Gasteiger partial charge in [-0.2, -0.15) is 5.26 Å². The largest absolute Gasteiger partial charge is 0.367 e. The first-order chi connectivity index (χ1) is 8.26. The fourth-order valence-electron chi connectivity index (χ4n) is 1.92. The fourth-order valence-corrected chi connectivity index (χ4v) is 2.74. The summed E-state index contributed by atoms with van der Waals surface area (Å²) < 4.78 is 1.07. The fraction of sp³-hybridized carbons (Fsp3) is 0.462. The van der Waals surface area contributed by atoms with Gasteiger partial charge in [-0.05, 0) is 46.5 Å². The first-order valence-corrected chi connectivity index (χ1v) is 7.07. The number of hydrogen-bond donors (Lipinski definition) is 0. The van der Waals surface area contributed by atoms with Crippen molar-refractivity contribution in [2.45, 2.75) is 31.2 Å². The van der Waals surface area contributed by atoms with E-state index in [-0.39, 0.29) is 0 Å². The van der Waals surface area contributed by atoms with Crippen LogP contribution in [0.3, 0.4) is 0 Å². The summed E-state index contributed by atoms with van der Waals surface area (Å²) in [4.78, 5) is 2.32. The number of nitrogens with zero attached hydrogens (tertiary/aromatic N) is 2. The van der Waals surface area contributed by atoms with Gasteiger partial charge in [0.25, 0.3) is 0 Å². The summed E-state index contributed by atoms with van der Waals surface area (Å²) in [7, 11) is 0. The van der Waals surface area contributed by atoms with Crippen molar-refractivity contribution in [2.75, 3.05) is 11.4 Å². The normalized spacial score (nSPS) is 14.4. The lowest BCUT2D eigenvalue weighted by Gasteiger charge is -2.25. The van der Waals surface area contributed by atoms with Gasteiger partial charge in [0.05, 0.1) is 18.2 Å². The molecule has 1 aliphatic carbocycles. The van der Waals surface area contributed by atoms with Crippen LogP contribution in [-0.4, -0.2) is 12.6 Å². The predicted octanol–water partition coefficient (Wildman–Crippen LogP) is 4.07. The number of nitriles is 1. The van der Waals surface area contributed by atoms with Crippen LogP contribution >= 0.6 is 27.5 Å². The van der Waals surface area contributed by atoms with E-state index in [0.717, 1.165) is 16.6 Å². The molecule has 1 saturated carbocycles. The number of halogens is 2. The Morgan fingerprint density at radius 3 is 2.76 bits per heavy atom. The summed E-state index contributed by atoms with van der Waals surface area (Å²) in [5.74, 6) is 0.528. The number of hydrogen-bond acceptors (Lipinski definition) is 2. The van der Waals surface area contributed by atoms with Crippen LogP contribution in [0.1, 0.15) is 24.8 Å². The average molecular weight is 314 g/mol. The SMILES string of the molecule is N#CCCN(c1ccc(CCl)cc1Br)C1CC1. The maximum absolute atomic E-state index is 8.71. The molecule has 4 heteroatoms. The molecule has 0 unspecified atom stereocenters. The van der Waals surface area contributed by atoms with Crippen molar-refractivity contribution in [1.29, 1.82) is 5.26 Å². The highest BCUT2D eigenvalue weighted by atomic mass is 79.9. The van der Waals surface area contributed by atoms with Crippen molar-refractivity contribution < 1.29 is 0 Å². The zero-order valence-electron chi connectivity index (χ0n) is 9.50. The molecule has 1 fully saturated rings. The summed E-state index contributed by atoms with van der Waals surface area (Å²) in [5, 5.41) is 8.71. The van der Waals surface area contributed by atoms with E-state index in [1.165, 1.54) is 18.5 Å². The second-order valence-corrected chi connectivity index (χ2v) is 5.37. The van der Waals surface area contributed by atoms with Gasteiger partial charge in [0, 0.05) is 22.9 Å². The van der Waals surface area contributed by atoms with Crippen LogP contribution in [0.2, 0.25) is 0 Å². The molecule has 0 amide bonds. The molecule has 0 aliphatic heterocycles. The molecule has 0 heterocycles. The summed E-state index contributed by atoms with van der Waals surface area (Å²) in [6.45, 7) is 0.806. The highest BCUT2D eigenvalue weighted by Crippen LogP contribution is 2.36. The molecule has 0 saturated heterocycles. The van der Waals surface area contributed by atoms with Crippen molar-refractivity contribution in [3.8, 4) is 6.07 Å². The molecular formula is C13H14BrClN2. The summed E-state index contributed by atoms with van der Waals surface area (Å²) in [6, 6.07) is 9.03. The van der Waals surface area contributed by atoms with E-state index in [1.54, 1.807) is 0 Å². The number of rotatable bonds is 5. The van der Waals surface area contributed by atoms with Crippen molar-refractivity contribution in [3.63, 3.8) is 0 Å². The molecule has 0 atom stereocenters. The summed E-state index contributed by atoms with van der Waals surface area (Å²) in [6.07, 6.45) is 3.03. The second-order valence-electron chi connectivity index (χ2n) is 4.25. The standard InChI is InChI=1S/C13H14BrClN2/c14-12-8-10(9-15)2-5-13(12)17(7-1-6-16)11-3-4-11/h2,5,8,11H,1,3-4,7,9H2. The molecule has 2 rings (SSSR count). The second kappa shape index (κ2) is 5.75. The number of benzene rings is 1. The molecule has 0 bridgehead atoms. The third-order valence-corrected chi connectivity index (χ3v) is 3.87. The Bertz CT molecular complexity index is 438. The van der Waals surface area contributed by atoms with Crippen LogP contribution in [0.15, 0.2) is 22.7 Å². The average Bonchev–Trinajstić information content (AvgIpc) is 3.15. The van der Waals surface area contributed by atoms with Crippen LogP contribution in [0.25, 0.3) is 0 Å². The highest BCUT2D eigenvalue weighted by Gasteiger charge is 2.29. The molecular weight excluding hydrogens is 300 g/mol. The van der Waals surface area contributed by atoms with Gasteiger partial charge in [0.15, 0.2) is 0 Å². The Hall–Kier alpha value is -0.720. The van der Waals surface area contributed by atoms with E-state index >= 15 is 0 Å². The highest BCUT2D eigenvalue weighted by molar-refractivity contribution is 9.10. The zero-order valence-corrected chi connectivity index (χ0v) is 11.8. The lowest BCUT2D eigenvalue weighted by molar-refractivity contribution is 0.791. The van der Waals surface area contributed by atoms with Crippen LogP contribution in [0, 0.1) is 11.3 Å². The van der Waals surface area contributed by atoms with Crippen LogP contribution in [0.4, 0.5) is 5.69 Å². The Labute approximate surface area is 115 Å². The van der Waals surface area contributed by atoms with Gasteiger partial charge >= 0.3 is 0 Å². The lowest BCUT2D eigenvalue weighted by atomic mass is 10.2. The molecule has 1 aromatic carbocycles. The predicted molar refractivity (Wildman–Crippen MR) is 74.3 cm³/mol. The van der Waals surface area contributed by atoms with E-state index < -0.39 is 0 Å². The van der Waals surface area contributed by atoms with Crippen LogP contribution < -0.4 is 4.90 Å². The molecule has 1 aromatic rings. The van der Waals surface area contributed by atoms with Crippen molar-refractivity contribution in [1.82, 2.24) is 0 Å². The molecule has 17 heavy (non-hydrogen) atoms. The van der Waals surface area contributed by atoms with E-state index in [1.807, 2.05) is 0 Å². The Morgan fingerprint density at radius 2 is 2.24 bits per heavy atom. The van der Waals surface area contributed by atoms with E-state index in [2.05, 4.69) is 45.1 Å². The molecule has 0 aromatic heterocycles. The lowest BCUT2D eigenvalue weighted by Crippen LogP contribution is -2.26. The monoisotopic (exact) mass is 312 g/mol. The summed E-state index contributed by atoms with van der Waals surface area (Å²) >= 11 is 9.41. The van der Waals surface area contributed by atoms with Gasteiger partial charge in [0.2, 0.25) is 0 Å². The first kappa shape index (κ1) is 12.7. The minimum absolute atomic E-state index is 0.528. The smallest absolute Gasteiger partial charge is 0.0640 e. The van der Waals surface area contributed by atoms with Crippen molar-refractivity contribution in [2.24, 2.45) is 0 Å². The van der Waals surface area contributed by atoms with Gasteiger partial charge in [0.1, 0.15) is 0 Å². The Kier molecular flexibility index (Phi) is 4.31. The number of alkyl halides is 1. The Balaban J connectivity index is 2.20. The zero-order chi connectivity index (χ0) is 12.3. The van der Waals surface area contributed by atoms with Crippen molar-refractivity contribution >= 4 is 33.2 Å². The van der Waals surface area contributed by atoms with Gasteiger partial charge in [-0.25, -0.2) is 0 Å². The van der Waals surface area contributed by atoms with E-state index in [9.17, 15) is 0 Å². The third kappa shape index (κ3) is 3.14. The molecule has 1 aliphatic rings. The van der Waals surface area contributed by atoms with E-state index in [0.29, 0.717) is 18.3 Å². The summed E-state index contributed by atoms with van der Waals surface area (Å²) in [5.41, 5.74) is 2.29. The van der Waals surface area contributed by atoms with Gasteiger partial charge < -0.3 is 4.90 Å². The van der Waals surface area contributed by atoms with E-state index in [4.69, 9.17) is 16.9 Å². The van der Waals surface area contributed by atoms with Gasteiger partial charge in [-0.15, -0.1) is 11.6 Å². The first-order valence-electron chi connectivity index (χ1n) is 5.74. The Morgan fingerprint density at radius 1 is 1.47 bits per heavy atom. The maximum Gasteiger partial charge on any atom is 0.0640 e. The maximum atomic E-state index is 8.71.